The minimum absolute atomic E-state index is 0. The SMILES string of the molecule is CN(CCc1cccs1)C(=O)C(N)C1CCOCC1.Cl. The smallest absolute Gasteiger partial charge is 0.239 e. The molecule has 1 aliphatic rings. The third-order valence-electron chi connectivity index (χ3n) is 3.71. The van der Waals surface area contributed by atoms with Crippen LogP contribution in [0.25, 0.3) is 0 Å². The van der Waals surface area contributed by atoms with Crippen LogP contribution in [0.5, 0.6) is 0 Å². The van der Waals surface area contributed by atoms with Crippen LogP contribution in [0.1, 0.15) is 17.7 Å². The Kier molecular flexibility index (Phi) is 7.51. The molecule has 4 nitrogen and oxygen atoms in total. The van der Waals surface area contributed by atoms with E-state index in [1.807, 2.05) is 13.1 Å². The number of ether oxygens (including phenoxy) is 1. The van der Waals surface area contributed by atoms with E-state index in [1.54, 1.807) is 16.2 Å². The zero-order chi connectivity index (χ0) is 13.7. The van der Waals surface area contributed by atoms with E-state index in [1.165, 1.54) is 4.88 Å². The summed E-state index contributed by atoms with van der Waals surface area (Å²) in [5.41, 5.74) is 6.10. The van der Waals surface area contributed by atoms with Gasteiger partial charge in [-0.05, 0) is 36.6 Å². The van der Waals surface area contributed by atoms with Gasteiger partial charge in [-0.1, -0.05) is 6.07 Å². The van der Waals surface area contributed by atoms with Gasteiger partial charge in [-0.25, -0.2) is 0 Å². The van der Waals surface area contributed by atoms with Crippen LogP contribution in [-0.2, 0) is 16.0 Å². The van der Waals surface area contributed by atoms with E-state index >= 15 is 0 Å². The maximum Gasteiger partial charge on any atom is 0.239 e. The Morgan fingerprint density at radius 3 is 2.85 bits per heavy atom. The Hall–Kier alpha value is -0.620. The quantitative estimate of drug-likeness (QED) is 0.902. The second-order valence-corrected chi connectivity index (χ2v) is 6.10. The van der Waals surface area contributed by atoms with Crippen molar-refractivity contribution in [1.29, 1.82) is 0 Å². The van der Waals surface area contributed by atoms with Crippen molar-refractivity contribution in [3.8, 4) is 0 Å². The standard InChI is InChI=1S/C14H22N2O2S.ClH/c1-16(7-4-12-3-2-10-19-12)14(17)13(15)11-5-8-18-9-6-11;/h2-3,10-11,13H,4-9,15H2,1H3;1H. The second kappa shape index (κ2) is 8.62. The van der Waals surface area contributed by atoms with Crippen LogP contribution in [0.3, 0.4) is 0 Å². The first-order valence-electron chi connectivity index (χ1n) is 6.79. The van der Waals surface area contributed by atoms with Crippen LogP contribution in [0.2, 0.25) is 0 Å². The summed E-state index contributed by atoms with van der Waals surface area (Å²) < 4.78 is 5.31. The minimum Gasteiger partial charge on any atom is -0.381 e. The zero-order valence-corrected chi connectivity index (χ0v) is 13.4. The average Bonchev–Trinajstić information content (AvgIpc) is 2.97. The second-order valence-electron chi connectivity index (χ2n) is 5.06. The highest BCUT2D eigenvalue weighted by Crippen LogP contribution is 2.19. The van der Waals surface area contributed by atoms with Crippen molar-refractivity contribution >= 4 is 29.7 Å². The molecule has 1 aromatic heterocycles. The number of carbonyl (C=O) groups excluding carboxylic acids is 1. The monoisotopic (exact) mass is 318 g/mol. The lowest BCUT2D eigenvalue weighted by Crippen LogP contribution is -2.48. The maximum atomic E-state index is 12.3. The first-order valence-corrected chi connectivity index (χ1v) is 7.67. The van der Waals surface area contributed by atoms with Crippen LogP contribution >= 0.6 is 23.7 Å². The molecular formula is C14H23ClN2O2S. The number of likely N-dealkylation sites (N-methyl/N-ethyl adjacent to an activating group) is 1. The molecule has 1 saturated heterocycles. The zero-order valence-electron chi connectivity index (χ0n) is 11.8. The van der Waals surface area contributed by atoms with Crippen molar-refractivity contribution in [2.24, 2.45) is 11.7 Å². The predicted octanol–water partition coefficient (Wildman–Crippen LogP) is 1.92. The van der Waals surface area contributed by atoms with Gasteiger partial charge in [-0.3, -0.25) is 4.79 Å². The summed E-state index contributed by atoms with van der Waals surface area (Å²) in [6.45, 7) is 2.19. The highest BCUT2D eigenvalue weighted by molar-refractivity contribution is 7.09. The van der Waals surface area contributed by atoms with Crippen molar-refractivity contribution in [2.45, 2.75) is 25.3 Å². The molecule has 1 fully saturated rings. The van der Waals surface area contributed by atoms with E-state index in [0.29, 0.717) is 0 Å². The third-order valence-corrected chi connectivity index (χ3v) is 4.65. The summed E-state index contributed by atoms with van der Waals surface area (Å²) >= 11 is 1.73. The molecule has 2 rings (SSSR count). The summed E-state index contributed by atoms with van der Waals surface area (Å²) in [6.07, 6.45) is 2.69. The van der Waals surface area contributed by atoms with Gasteiger partial charge in [0, 0.05) is 31.7 Å². The molecule has 0 saturated carbocycles. The molecular weight excluding hydrogens is 296 g/mol. The fourth-order valence-electron chi connectivity index (χ4n) is 2.37. The van der Waals surface area contributed by atoms with E-state index in [4.69, 9.17) is 10.5 Å². The Balaban J connectivity index is 0.00000200. The Labute approximate surface area is 130 Å². The minimum atomic E-state index is -0.378. The average molecular weight is 319 g/mol. The summed E-state index contributed by atoms with van der Waals surface area (Å²) in [5, 5.41) is 2.06. The number of hydrogen-bond acceptors (Lipinski definition) is 4. The molecule has 2 heterocycles. The molecule has 2 N–H and O–H groups in total. The van der Waals surface area contributed by atoms with Gasteiger partial charge in [-0.2, -0.15) is 0 Å². The summed E-state index contributed by atoms with van der Waals surface area (Å²) in [5.74, 6) is 0.328. The lowest BCUT2D eigenvalue weighted by molar-refractivity contribution is -0.133. The van der Waals surface area contributed by atoms with Gasteiger partial charge < -0.3 is 15.4 Å². The maximum absolute atomic E-state index is 12.3. The van der Waals surface area contributed by atoms with Gasteiger partial charge in [-0.15, -0.1) is 23.7 Å². The van der Waals surface area contributed by atoms with Gasteiger partial charge in [0.15, 0.2) is 0 Å². The number of nitrogens with two attached hydrogens (primary N) is 1. The lowest BCUT2D eigenvalue weighted by Gasteiger charge is -2.29. The third kappa shape index (κ3) is 4.74. The molecule has 0 spiro atoms. The number of carbonyl (C=O) groups is 1. The van der Waals surface area contributed by atoms with Crippen LogP contribution in [0.4, 0.5) is 0 Å². The van der Waals surface area contributed by atoms with Crippen molar-refractivity contribution in [1.82, 2.24) is 4.90 Å². The summed E-state index contributed by atoms with van der Waals surface area (Å²) in [6, 6.07) is 3.76. The molecule has 0 aromatic carbocycles. The topological polar surface area (TPSA) is 55.6 Å². The molecule has 20 heavy (non-hydrogen) atoms. The Morgan fingerprint density at radius 1 is 1.55 bits per heavy atom. The molecule has 6 heteroatoms. The number of hydrogen-bond donors (Lipinski definition) is 1. The van der Waals surface area contributed by atoms with Crippen molar-refractivity contribution in [3.05, 3.63) is 22.4 Å². The number of rotatable bonds is 5. The van der Waals surface area contributed by atoms with Crippen LogP contribution in [0.15, 0.2) is 17.5 Å². The van der Waals surface area contributed by atoms with Crippen LogP contribution in [-0.4, -0.2) is 43.7 Å². The summed E-state index contributed by atoms with van der Waals surface area (Å²) in [7, 11) is 1.84. The number of halogens is 1. The first kappa shape index (κ1) is 17.4. The fourth-order valence-corrected chi connectivity index (χ4v) is 3.07. The van der Waals surface area contributed by atoms with Gasteiger partial charge in [0.25, 0.3) is 0 Å². The van der Waals surface area contributed by atoms with Gasteiger partial charge in [0.1, 0.15) is 0 Å². The highest BCUT2D eigenvalue weighted by atomic mass is 35.5. The molecule has 1 atom stereocenters. The molecule has 0 bridgehead atoms. The molecule has 1 unspecified atom stereocenters. The molecule has 1 aliphatic heterocycles. The molecule has 1 aromatic rings. The normalized spacial score (nSPS) is 17.3. The van der Waals surface area contributed by atoms with E-state index in [0.717, 1.165) is 39.0 Å². The van der Waals surface area contributed by atoms with Crippen molar-refractivity contribution in [3.63, 3.8) is 0 Å². The molecule has 0 aliphatic carbocycles. The number of nitrogens with zero attached hydrogens (tertiary/aromatic N) is 1. The number of amides is 1. The first-order chi connectivity index (χ1) is 9.18. The molecule has 0 radical (unpaired) electrons. The van der Waals surface area contributed by atoms with Gasteiger partial charge >= 0.3 is 0 Å². The van der Waals surface area contributed by atoms with Crippen molar-refractivity contribution < 1.29 is 9.53 Å². The van der Waals surface area contributed by atoms with Gasteiger partial charge in [0.05, 0.1) is 6.04 Å². The van der Waals surface area contributed by atoms with Gasteiger partial charge in [0.2, 0.25) is 5.91 Å². The Morgan fingerprint density at radius 2 is 2.25 bits per heavy atom. The number of thiophene rings is 1. The largest absolute Gasteiger partial charge is 0.381 e. The molecule has 114 valence electrons. The lowest BCUT2D eigenvalue weighted by atomic mass is 9.91. The fraction of sp³-hybridized carbons (Fsp3) is 0.643. The van der Waals surface area contributed by atoms with Crippen LogP contribution in [0, 0.1) is 5.92 Å². The van der Waals surface area contributed by atoms with Crippen LogP contribution < -0.4 is 5.73 Å². The highest BCUT2D eigenvalue weighted by Gasteiger charge is 2.28. The van der Waals surface area contributed by atoms with Crippen molar-refractivity contribution in [2.75, 3.05) is 26.8 Å². The Bertz CT molecular complexity index is 394. The van der Waals surface area contributed by atoms with E-state index in [-0.39, 0.29) is 30.3 Å². The van der Waals surface area contributed by atoms with E-state index in [9.17, 15) is 4.79 Å². The van der Waals surface area contributed by atoms with E-state index in [2.05, 4.69) is 11.4 Å². The molecule has 1 amide bonds. The predicted molar refractivity (Wildman–Crippen MR) is 84.4 cm³/mol. The summed E-state index contributed by atoms with van der Waals surface area (Å²) in [4.78, 5) is 15.3. The van der Waals surface area contributed by atoms with E-state index < -0.39 is 0 Å².